The molecule has 0 amide bonds. The number of nitrogen functional groups attached to an aromatic ring is 1. The van der Waals surface area contributed by atoms with Crippen LogP contribution in [0.4, 0.5) is 5.69 Å². The van der Waals surface area contributed by atoms with Crippen molar-refractivity contribution in [2.45, 2.75) is 39.4 Å². The molecule has 3 N–H and O–H groups in total. The summed E-state index contributed by atoms with van der Waals surface area (Å²) in [6, 6.07) is 7.29. The molecular weight excluding hydrogens is 288 g/mol. The Morgan fingerprint density at radius 2 is 1.56 bits per heavy atom. The van der Waals surface area contributed by atoms with Crippen LogP contribution in [-0.2, 0) is 0 Å². The van der Waals surface area contributed by atoms with Crippen LogP contribution >= 0.6 is 15.9 Å². The van der Waals surface area contributed by atoms with Crippen LogP contribution in [0.3, 0.4) is 0 Å². The molecule has 0 fully saturated rings. The van der Waals surface area contributed by atoms with Gasteiger partial charge in [-0.25, -0.2) is 0 Å². The molecule has 0 radical (unpaired) electrons. The second kappa shape index (κ2) is 11.0. The smallest absolute Gasteiger partial charge is 0.0355 e. The van der Waals surface area contributed by atoms with Gasteiger partial charge in [0.25, 0.3) is 0 Å². The minimum atomic E-state index is 0.470. The molecule has 0 aliphatic heterocycles. The summed E-state index contributed by atoms with van der Waals surface area (Å²) in [6.07, 6.45) is 0. The number of allylic oxidation sites excluding steroid dienone is 1. The van der Waals surface area contributed by atoms with Crippen LogP contribution in [0, 0.1) is 5.41 Å². The summed E-state index contributed by atoms with van der Waals surface area (Å²) in [6.45, 7) is 13.5. The van der Waals surface area contributed by atoms with E-state index in [-0.39, 0.29) is 0 Å². The topological polar surface area (TPSA) is 49.9 Å². The van der Waals surface area contributed by atoms with Crippen molar-refractivity contribution in [3.05, 3.63) is 42.0 Å². The maximum atomic E-state index is 7.27. The fourth-order valence-electron chi connectivity index (χ4n) is 0.733. The number of nitrogens with two attached hydrogens (primary N) is 1. The predicted molar refractivity (Wildman–Crippen MR) is 87.9 cm³/mol. The fourth-order valence-corrected chi connectivity index (χ4v) is 0.733. The molecule has 0 saturated carbocycles. The van der Waals surface area contributed by atoms with Gasteiger partial charge in [-0.1, -0.05) is 54.1 Å². The highest BCUT2D eigenvalue weighted by Crippen LogP contribution is 2.06. The van der Waals surface area contributed by atoms with Crippen molar-refractivity contribution in [1.82, 2.24) is 0 Å². The number of hydrogen-bond acceptors (Lipinski definition) is 2. The Labute approximate surface area is 120 Å². The van der Waals surface area contributed by atoms with Crippen molar-refractivity contribution < 1.29 is 0 Å². The lowest BCUT2D eigenvalue weighted by Gasteiger charge is -1.96. The first-order chi connectivity index (χ1) is 8.34. The minimum Gasteiger partial charge on any atom is -0.399 e. The van der Waals surface area contributed by atoms with E-state index in [0.29, 0.717) is 10.5 Å². The minimum absolute atomic E-state index is 0.470. The predicted octanol–water partition coefficient (Wildman–Crippen LogP) is 5.03. The molecule has 102 valence electrons. The van der Waals surface area contributed by atoms with Crippen molar-refractivity contribution in [2.75, 3.05) is 5.73 Å². The van der Waals surface area contributed by atoms with E-state index < -0.39 is 0 Å². The molecule has 1 aromatic rings. The average molecular weight is 313 g/mol. The van der Waals surface area contributed by atoms with Gasteiger partial charge in [-0.2, -0.15) is 0 Å². The largest absolute Gasteiger partial charge is 0.399 e. The highest BCUT2D eigenvalue weighted by atomic mass is 79.9. The third-order valence-corrected chi connectivity index (χ3v) is 2.80. The first-order valence-electron chi connectivity index (χ1n) is 6.05. The third-order valence-electron chi connectivity index (χ3n) is 2.02. The second-order valence-electron chi connectivity index (χ2n) is 3.71. The van der Waals surface area contributed by atoms with Gasteiger partial charge in [-0.3, -0.25) is 0 Å². The van der Waals surface area contributed by atoms with E-state index in [9.17, 15) is 0 Å². The maximum absolute atomic E-state index is 7.27. The van der Waals surface area contributed by atoms with Crippen LogP contribution in [0.2, 0.25) is 0 Å². The number of rotatable bonds is 2. The van der Waals surface area contributed by atoms with Crippen molar-refractivity contribution in [3.63, 3.8) is 0 Å². The van der Waals surface area contributed by atoms with E-state index in [1.54, 1.807) is 19.1 Å². The first-order valence-corrected chi connectivity index (χ1v) is 6.96. The average Bonchev–Trinajstić information content (AvgIpc) is 2.32. The Hall–Kier alpha value is -1.09. The van der Waals surface area contributed by atoms with Crippen LogP contribution in [0.5, 0.6) is 0 Å². The molecule has 1 aromatic carbocycles. The standard InChI is InChI=1S/C8H10N2.C5H9Br.C2H6/c1-6(9)7-2-4-8(10)5-3-7;1-4(2)5(3)6;1-2/h2-5,9H,10H2,1H3;5H,1H2,2-3H3;1-2H3. The van der Waals surface area contributed by atoms with Crippen LogP contribution in [-0.4, -0.2) is 10.5 Å². The van der Waals surface area contributed by atoms with Gasteiger partial charge in [0.05, 0.1) is 0 Å². The van der Waals surface area contributed by atoms with Crippen LogP contribution in [0.15, 0.2) is 36.4 Å². The molecular formula is C15H25BrN2. The SMILES string of the molecule is C=C(C)C(C)Br.CC.CC(=N)c1ccc(N)cc1. The highest BCUT2D eigenvalue weighted by molar-refractivity contribution is 9.09. The molecule has 0 aliphatic rings. The Morgan fingerprint density at radius 3 is 1.78 bits per heavy atom. The molecule has 0 aromatic heterocycles. The molecule has 0 bridgehead atoms. The Morgan fingerprint density at radius 1 is 1.22 bits per heavy atom. The monoisotopic (exact) mass is 312 g/mol. The second-order valence-corrected chi connectivity index (χ2v) is 5.08. The summed E-state index contributed by atoms with van der Waals surface area (Å²) in [5, 5.41) is 7.27. The molecule has 2 nitrogen and oxygen atoms in total. The van der Waals surface area contributed by atoms with Crippen LogP contribution < -0.4 is 5.73 Å². The third kappa shape index (κ3) is 10.1. The summed E-state index contributed by atoms with van der Waals surface area (Å²) in [4.78, 5) is 0.470. The van der Waals surface area contributed by atoms with Crippen LogP contribution in [0.25, 0.3) is 0 Å². The Bertz CT molecular complexity index is 353. The number of hydrogen-bond donors (Lipinski definition) is 2. The molecule has 0 heterocycles. The Balaban J connectivity index is 0. The van der Waals surface area contributed by atoms with E-state index >= 15 is 0 Å². The summed E-state index contributed by atoms with van der Waals surface area (Å²) in [5.41, 5.74) is 8.87. The highest BCUT2D eigenvalue weighted by Gasteiger charge is 1.91. The lowest BCUT2D eigenvalue weighted by Crippen LogP contribution is -1.91. The van der Waals surface area contributed by atoms with Crippen molar-refractivity contribution >= 4 is 27.3 Å². The number of halogens is 1. The number of benzene rings is 1. The molecule has 1 rings (SSSR count). The summed E-state index contributed by atoms with van der Waals surface area (Å²) < 4.78 is 0. The zero-order valence-electron chi connectivity index (χ0n) is 12.0. The van der Waals surface area contributed by atoms with Gasteiger partial charge < -0.3 is 11.1 Å². The fraction of sp³-hybridized carbons (Fsp3) is 0.400. The van der Waals surface area contributed by atoms with E-state index in [2.05, 4.69) is 29.4 Å². The molecule has 3 heteroatoms. The molecule has 1 atom stereocenters. The van der Waals surface area contributed by atoms with E-state index in [4.69, 9.17) is 11.1 Å². The molecule has 18 heavy (non-hydrogen) atoms. The van der Waals surface area contributed by atoms with Crippen molar-refractivity contribution in [1.29, 1.82) is 5.41 Å². The van der Waals surface area contributed by atoms with Gasteiger partial charge in [0.1, 0.15) is 0 Å². The van der Waals surface area contributed by atoms with Gasteiger partial charge in [0, 0.05) is 16.2 Å². The Kier molecular flexibility index (Phi) is 11.8. The van der Waals surface area contributed by atoms with Crippen molar-refractivity contribution in [3.8, 4) is 0 Å². The lowest BCUT2D eigenvalue weighted by atomic mass is 10.1. The van der Waals surface area contributed by atoms with Gasteiger partial charge in [0.15, 0.2) is 0 Å². The van der Waals surface area contributed by atoms with Crippen LogP contribution in [0.1, 0.15) is 40.2 Å². The van der Waals surface area contributed by atoms with E-state index in [0.717, 1.165) is 11.3 Å². The quantitative estimate of drug-likeness (QED) is 0.342. The zero-order chi connectivity index (χ0) is 14.7. The summed E-state index contributed by atoms with van der Waals surface area (Å²) in [7, 11) is 0. The van der Waals surface area contributed by atoms with Crippen molar-refractivity contribution in [2.24, 2.45) is 0 Å². The number of nitrogens with one attached hydrogen (secondary N) is 1. The summed E-state index contributed by atoms with van der Waals surface area (Å²) in [5.74, 6) is 0. The van der Waals surface area contributed by atoms with E-state index in [1.165, 1.54) is 5.57 Å². The number of anilines is 1. The first kappa shape index (κ1) is 19.3. The maximum Gasteiger partial charge on any atom is 0.0355 e. The van der Waals surface area contributed by atoms with Gasteiger partial charge in [-0.15, -0.1) is 0 Å². The molecule has 0 spiro atoms. The van der Waals surface area contributed by atoms with Gasteiger partial charge in [0.2, 0.25) is 0 Å². The number of alkyl halides is 1. The molecule has 1 unspecified atom stereocenters. The zero-order valence-corrected chi connectivity index (χ0v) is 13.6. The van der Waals surface area contributed by atoms with Gasteiger partial charge >= 0.3 is 0 Å². The summed E-state index contributed by atoms with van der Waals surface area (Å²) >= 11 is 3.34. The molecule has 0 saturated heterocycles. The van der Waals surface area contributed by atoms with Gasteiger partial charge in [-0.05, 0) is 38.5 Å². The van der Waals surface area contributed by atoms with E-state index in [1.807, 2.05) is 32.9 Å². The molecule has 0 aliphatic carbocycles. The normalized spacial score (nSPS) is 10.1. The lowest BCUT2D eigenvalue weighted by molar-refractivity contribution is 1.15.